The summed E-state index contributed by atoms with van der Waals surface area (Å²) >= 11 is 0. The quantitative estimate of drug-likeness (QED) is 0.487. The van der Waals surface area contributed by atoms with Crippen LogP contribution >= 0.6 is 0 Å². The van der Waals surface area contributed by atoms with Gasteiger partial charge in [-0.2, -0.15) is 0 Å². The lowest BCUT2D eigenvalue weighted by Crippen LogP contribution is -2.48. The first kappa shape index (κ1) is 14.9. The zero-order chi connectivity index (χ0) is 12.9. The number of carbonyl (C=O) groups excluding carboxylic acids is 1. The van der Waals surface area contributed by atoms with Crippen molar-refractivity contribution in [3.63, 3.8) is 0 Å². The molecule has 0 bridgehead atoms. The van der Waals surface area contributed by atoms with Gasteiger partial charge in [0, 0.05) is 11.5 Å². The van der Waals surface area contributed by atoms with Crippen molar-refractivity contribution < 1.29 is 24.9 Å². The lowest BCUT2D eigenvalue weighted by atomic mass is 9.87. The standard InChI is InChI=1S/C10H19NO5/c1-6(4-7(13)14)11-9(16)8(15)10(2,3)5-12/h6,8,12,15H,4-5H2,1-3H3,(H,11,16)(H,13,14)/t6?,8-/m0/s1. The van der Waals surface area contributed by atoms with E-state index in [2.05, 4.69) is 5.32 Å². The second kappa shape index (κ2) is 5.81. The molecule has 16 heavy (non-hydrogen) atoms. The van der Waals surface area contributed by atoms with Gasteiger partial charge in [0.1, 0.15) is 6.10 Å². The fourth-order valence-corrected chi connectivity index (χ4v) is 1.08. The molecule has 4 N–H and O–H groups in total. The number of aliphatic hydroxyl groups excluding tert-OH is 2. The zero-order valence-electron chi connectivity index (χ0n) is 9.73. The number of carboxylic acids is 1. The van der Waals surface area contributed by atoms with Crippen LogP contribution in [0.15, 0.2) is 0 Å². The van der Waals surface area contributed by atoms with Crippen LogP contribution in [0, 0.1) is 5.41 Å². The Morgan fingerprint density at radius 1 is 1.38 bits per heavy atom. The van der Waals surface area contributed by atoms with Crippen molar-refractivity contribution in [1.29, 1.82) is 0 Å². The fourth-order valence-electron chi connectivity index (χ4n) is 1.08. The van der Waals surface area contributed by atoms with Gasteiger partial charge < -0.3 is 20.6 Å². The molecule has 0 aliphatic rings. The highest BCUT2D eigenvalue weighted by atomic mass is 16.4. The first-order valence-corrected chi connectivity index (χ1v) is 5.02. The van der Waals surface area contributed by atoms with E-state index in [9.17, 15) is 14.7 Å². The highest BCUT2D eigenvalue weighted by molar-refractivity contribution is 5.82. The Balaban J connectivity index is 4.31. The summed E-state index contributed by atoms with van der Waals surface area (Å²) in [4.78, 5) is 21.8. The first-order valence-electron chi connectivity index (χ1n) is 5.02. The fraction of sp³-hybridized carbons (Fsp3) is 0.800. The molecule has 0 aliphatic heterocycles. The highest BCUT2D eigenvalue weighted by Crippen LogP contribution is 2.19. The van der Waals surface area contributed by atoms with Gasteiger partial charge >= 0.3 is 5.97 Å². The van der Waals surface area contributed by atoms with Crippen LogP contribution in [0.1, 0.15) is 27.2 Å². The Labute approximate surface area is 94.3 Å². The van der Waals surface area contributed by atoms with Crippen molar-refractivity contribution in [2.75, 3.05) is 6.61 Å². The van der Waals surface area contributed by atoms with Crippen LogP contribution in [0.4, 0.5) is 0 Å². The number of aliphatic carboxylic acids is 1. The van der Waals surface area contributed by atoms with Crippen LogP contribution in [0.2, 0.25) is 0 Å². The maximum absolute atomic E-state index is 11.5. The number of hydrogen-bond acceptors (Lipinski definition) is 4. The van der Waals surface area contributed by atoms with Gasteiger partial charge in [-0.3, -0.25) is 9.59 Å². The molecule has 6 nitrogen and oxygen atoms in total. The average Bonchev–Trinajstić information content (AvgIpc) is 2.14. The molecule has 94 valence electrons. The van der Waals surface area contributed by atoms with Gasteiger partial charge in [0.2, 0.25) is 5.91 Å². The van der Waals surface area contributed by atoms with Gasteiger partial charge in [-0.15, -0.1) is 0 Å². The first-order chi connectivity index (χ1) is 7.20. The van der Waals surface area contributed by atoms with E-state index in [4.69, 9.17) is 10.2 Å². The van der Waals surface area contributed by atoms with Crippen molar-refractivity contribution in [1.82, 2.24) is 5.32 Å². The summed E-state index contributed by atoms with van der Waals surface area (Å²) < 4.78 is 0. The van der Waals surface area contributed by atoms with Crippen LogP contribution < -0.4 is 5.32 Å². The molecule has 2 atom stereocenters. The van der Waals surface area contributed by atoms with Gasteiger partial charge in [0.25, 0.3) is 0 Å². The van der Waals surface area contributed by atoms with E-state index in [0.717, 1.165) is 0 Å². The van der Waals surface area contributed by atoms with Gasteiger partial charge in [-0.1, -0.05) is 13.8 Å². The molecule has 6 heteroatoms. The van der Waals surface area contributed by atoms with Gasteiger partial charge in [-0.05, 0) is 6.92 Å². The molecule has 0 saturated heterocycles. The maximum atomic E-state index is 11.5. The molecule has 0 spiro atoms. The number of amides is 1. The predicted molar refractivity (Wildman–Crippen MR) is 56.7 cm³/mol. The Bertz CT molecular complexity index is 264. The smallest absolute Gasteiger partial charge is 0.305 e. The predicted octanol–water partition coefficient (Wildman–Crippen LogP) is -0.655. The third kappa shape index (κ3) is 4.59. The molecule has 0 aromatic rings. The van der Waals surface area contributed by atoms with Crippen LogP contribution in [-0.4, -0.2) is 45.9 Å². The lowest BCUT2D eigenvalue weighted by molar-refractivity contribution is -0.139. The Morgan fingerprint density at radius 3 is 2.25 bits per heavy atom. The molecular weight excluding hydrogens is 214 g/mol. The average molecular weight is 233 g/mol. The third-order valence-corrected chi connectivity index (χ3v) is 2.27. The minimum Gasteiger partial charge on any atom is -0.481 e. The van der Waals surface area contributed by atoms with Crippen LogP contribution in [0.3, 0.4) is 0 Å². The summed E-state index contributed by atoms with van der Waals surface area (Å²) in [6, 6.07) is -0.561. The molecule has 0 heterocycles. The Hall–Kier alpha value is -1.14. The van der Waals surface area contributed by atoms with Gasteiger partial charge in [-0.25, -0.2) is 0 Å². The molecule has 1 unspecified atom stereocenters. The van der Waals surface area contributed by atoms with E-state index < -0.39 is 29.4 Å². The van der Waals surface area contributed by atoms with E-state index in [1.54, 1.807) is 13.8 Å². The summed E-state index contributed by atoms with van der Waals surface area (Å²) in [5.41, 5.74) is -0.951. The number of hydrogen-bond donors (Lipinski definition) is 4. The summed E-state index contributed by atoms with van der Waals surface area (Å²) in [6.45, 7) is 4.28. The SMILES string of the molecule is CC(CC(=O)O)NC(=O)[C@H](O)C(C)(C)CO. The summed E-state index contributed by atoms with van der Waals surface area (Å²) in [5, 5.41) is 29.4. The van der Waals surface area contributed by atoms with Crippen LogP contribution in [0.25, 0.3) is 0 Å². The number of nitrogens with one attached hydrogen (secondary N) is 1. The zero-order valence-corrected chi connectivity index (χ0v) is 9.73. The number of carbonyl (C=O) groups is 2. The lowest BCUT2D eigenvalue weighted by Gasteiger charge is -2.28. The minimum atomic E-state index is -1.37. The van der Waals surface area contributed by atoms with Crippen molar-refractivity contribution in [2.45, 2.75) is 39.3 Å². The number of carboxylic acid groups (broad SMARTS) is 1. The molecule has 0 saturated carbocycles. The second-order valence-corrected chi connectivity index (χ2v) is 4.56. The normalized spacial score (nSPS) is 15.3. The molecule has 0 rings (SSSR count). The summed E-state index contributed by atoms with van der Waals surface area (Å²) in [7, 11) is 0. The summed E-state index contributed by atoms with van der Waals surface area (Å²) in [6.07, 6.45) is -1.58. The van der Waals surface area contributed by atoms with Crippen LogP contribution in [0.5, 0.6) is 0 Å². The van der Waals surface area contributed by atoms with Crippen LogP contribution in [-0.2, 0) is 9.59 Å². The van der Waals surface area contributed by atoms with Gasteiger partial charge in [0.15, 0.2) is 0 Å². The largest absolute Gasteiger partial charge is 0.481 e. The maximum Gasteiger partial charge on any atom is 0.305 e. The molecule has 0 aromatic heterocycles. The molecule has 1 amide bonds. The van der Waals surface area contributed by atoms with Crippen molar-refractivity contribution in [3.8, 4) is 0 Å². The minimum absolute atomic E-state index is 0.210. The Kier molecular flexibility index (Phi) is 5.40. The van der Waals surface area contributed by atoms with E-state index in [1.807, 2.05) is 0 Å². The second-order valence-electron chi connectivity index (χ2n) is 4.56. The van der Waals surface area contributed by atoms with E-state index in [0.29, 0.717) is 0 Å². The monoisotopic (exact) mass is 233 g/mol. The van der Waals surface area contributed by atoms with E-state index in [-0.39, 0.29) is 13.0 Å². The van der Waals surface area contributed by atoms with Crippen molar-refractivity contribution >= 4 is 11.9 Å². The van der Waals surface area contributed by atoms with Crippen molar-refractivity contribution in [3.05, 3.63) is 0 Å². The van der Waals surface area contributed by atoms with E-state index in [1.165, 1.54) is 6.92 Å². The molecule has 0 fully saturated rings. The van der Waals surface area contributed by atoms with Crippen molar-refractivity contribution in [2.24, 2.45) is 5.41 Å². The number of rotatable bonds is 6. The summed E-state index contributed by atoms with van der Waals surface area (Å²) in [5.74, 6) is -1.70. The molecular formula is C10H19NO5. The Morgan fingerprint density at radius 2 is 1.88 bits per heavy atom. The molecule has 0 radical (unpaired) electrons. The molecule has 0 aromatic carbocycles. The van der Waals surface area contributed by atoms with Gasteiger partial charge in [0.05, 0.1) is 13.0 Å². The molecule has 0 aliphatic carbocycles. The van der Waals surface area contributed by atoms with E-state index >= 15 is 0 Å². The number of aliphatic hydroxyl groups is 2. The third-order valence-electron chi connectivity index (χ3n) is 2.27. The highest BCUT2D eigenvalue weighted by Gasteiger charge is 2.33. The topological polar surface area (TPSA) is 107 Å².